The van der Waals surface area contributed by atoms with Gasteiger partial charge < -0.3 is 15.2 Å². The first-order valence-electron chi connectivity index (χ1n) is 5.89. The third-order valence-electron chi connectivity index (χ3n) is 2.60. The molecule has 2 N–H and O–H groups in total. The highest BCUT2D eigenvalue weighted by Crippen LogP contribution is 2.12. The van der Waals surface area contributed by atoms with Crippen molar-refractivity contribution in [3.05, 3.63) is 48.3 Å². The number of carbonyl (C=O) groups is 1. The Labute approximate surface area is 110 Å². The summed E-state index contributed by atoms with van der Waals surface area (Å²) in [5.74, 6) is 0.0172. The number of para-hydroxylation sites is 1. The van der Waals surface area contributed by atoms with E-state index in [0.29, 0.717) is 6.54 Å². The molecule has 1 aromatic carbocycles. The second-order valence-electron chi connectivity index (χ2n) is 4.03. The van der Waals surface area contributed by atoms with E-state index in [9.17, 15) is 9.18 Å². The van der Waals surface area contributed by atoms with E-state index in [1.807, 2.05) is 0 Å². The van der Waals surface area contributed by atoms with E-state index in [0.717, 1.165) is 5.82 Å². The first-order chi connectivity index (χ1) is 9.20. The van der Waals surface area contributed by atoms with Crippen molar-refractivity contribution < 1.29 is 9.18 Å². The average molecular weight is 262 g/mol. The van der Waals surface area contributed by atoms with Crippen molar-refractivity contribution in [2.45, 2.75) is 13.1 Å². The third kappa shape index (κ3) is 3.38. The van der Waals surface area contributed by atoms with Gasteiger partial charge in [0.05, 0.1) is 12.2 Å². The molecule has 6 heteroatoms. The molecule has 1 aromatic heterocycles. The normalized spacial score (nSPS) is 10.4. The molecule has 0 aliphatic rings. The largest absolute Gasteiger partial charge is 0.324 e. The van der Waals surface area contributed by atoms with Gasteiger partial charge in [0.25, 0.3) is 0 Å². The topological polar surface area (TPSA) is 59.0 Å². The number of anilines is 1. The second kappa shape index (κ2) is 6.10. The van der Waals surface area contributed by atoms with Crippen molar-refractivity contribution in [1.29, 1.82) is 0 Å². The molecule has 1 amide bonds. The zero-order valence-electron chi connectivity index (χ0n) is 10.6. The number of imidazole rings is 1. The summed E-state index contributed by atoms with van der Waals surface area (Å²) in [7, 11) is 1.80. The van der Waals surface area contributed by atoms with E-state index < -0.39 is 5.82 Å². The van der Waals surface area contributed by atoms with E-state index in [4.69, 9.17) is 0 Å². The summed E-state index contributed by atoms with van der Waals surface area (Å²) in [5.41, 5.74) is 0.183. The standard InChI is InChI=1S/C13H15FN4O/c1-15-8-12-16-6-7-18(12)9-13(19)17-11-5-3-2-4-10(11)14/h2-7,15H,8-9H2,1H3,(H,17,19). The lowest BCUT2D eigenvalue weighted by Crippen LogP contribution is -2.21. The Morgan fingerprint density at radius 2 is 2.21 bits per heavy atom. The number of amides is 1. The van der Waals surface area contributed by atoms with Gasteiger partial charge in [0, 0.05) is 12.4 Å². The Morgan fingerprint density at radius 1 is 1.42 bits per heavy atom. The molecule has 0 fully saturated rings. The molecule has 19 heavy (non-hydrogen) atoms. The zero-order valence-corrected chi connectivity index (χ0v) is 10.6. The van der Waals surface area contributed by atoms with Crippen LogP contribution in [-0.2, 0) is 17.9 Å². The highest BCUT2D eigenvalue weighted by Gasteiger charge is 2.09. The van der Waals surface area contributed by atoms with Crippen LogP contribution in [0.1, 0.15) is 5.82 Å². The lowest BCUT2D eigenvalue weighted by atomic mass is 10.3. The molecule has 0 radical (unpaired) electrons. The van der Waals surface area contributed by atoms with Gasteiger partial charge in [-0.25, -0.2) is 9.37 Å². The molecule has 2 rings (SSSR count). The summed E-state index contributed by atoms with van der Waals surface area (Å²) in [4.78, 5) is 16.0. The summed E-state index contributed by atoms with van der Waals surface area (Å²) in [6.07, 6.45) is 3.34. The summed E-state index contributed by atoms with van der Waals surface area (Å²) in [6.45, 7) is 0.672. The number of benzene rings is 1. The van der Waals surface area contributed by atoms with Crippen LogP contribution in [-0.4, -0.2) is 22.5 Å². The van der Waals surface area contributed by atoms with Gasteiger partial charge in [-0.15, -0.1) is 0 Å². The van der Waals surface area contributed by atoms with Crippen LogP contribution in [0, 0.1) is 5.82 Å². The van der Waals surface area contributed by atoms with Crippen LogP contribution in [0.2, 0.25) is 0 Å². The monoisotopic (exact) mass is 262 g/mol. The molecule has 2 aromatic rings. The summed E-state index contributed by atoms with van der Waals surface area (Å²) < 4.78 is 15.1. The molecule has 0 saturated heterocycles. The van der Waals surface area contributed by atoms with Crippen molar-refractivity contribution in [3.63, 3.8) is 0 Å². The predicted octanol–water partition coefficient (Wildman–Crippen LogP) is 1.38. The number of nitrogens with one attached hydrogen (secondary N) is 2. The Kier molecular flexibility index (Phi) is 4.25. The summed E-state index contributed by atoms with van der Waals surface area (Å²) in [6, 6.07) is 6.07. The minimum Gasteiger partial charge on any atom is -0.324 e. The fraction of sp³-hybridized carbons (Fsp3) is 0.231. The number of hydrogen-bond acceptors (Lipinski definition) is 3. The van der Waals surface area contributed by atoms with Crippen LogP contribution in [0.25, 0.3) is 0 Å². The third-order valence-corrected chi connectivity index (χ3v) is 2.60. The van der Waals surface area contributed by atoms with Crippen LogP contribution >= 0.6 is 0 Å². The smallest absolute Gasteiger partial charge is 0.244 e. The fourth-order valence-electron chi connectivity index (χ4n) is 1.72. The maximum absolute atomic E-state index is 13.4. The van der Waals surface area contributed by atoms with E-state index in [2.05, 4.69) is 15.6 Å². The molecule has 0 bridgehead atoms. The van der Waals surface area contributed by atoms with Crippen molar-refractivity contribution in [1.82, 2.24) is 14.9 Å². The number of aromatic nitrogens is 2. The average Bonchev–Trinajstić information content (AvgIpc) is 2.80. The Balaban J connectivity index is 2.02. The van der Waals surface area contributed by atoms with Gasteiger partial charge in [-0.05, 0) is 19.2 Å². The minimum atomic E-state index is -0.447. The molecular formula is C13H15FN4O. The number of rotatable bonds is 5. The van der Waals surface area contributed by atoms with Crippen LogP contribution in [0.4, 0.5) is 10.1 Å². The van der Waals surface area contributed by atoms with Crippen molar-refractivity contribution in [2.75, 3.05) is 12.4 Å². The summed E-state index contributed by atoms with van der Waals surface area (Å²) >= 11 is 0. The number of hydrogen-bond donors (Lipinski definition) is 2. The Morgan fingerprint density at radius 3 is 2.95 bits per heavy atom. The van der Waals surface area contributed by atoms with Crippen LogP contribution in [0.15, 0.2) is 36.7 Å². The van der Waals surface area contributed by atoms with Gasteiger partial charge in [-0.2, -0.15) is 0 Å². The SMILES string of the molecule is CNCc1nccn1CC(=O)Nc1ccccc1F. The van der Waals surface area contributed by atoms with Gasteiger partial charge in [0.2, 0.25) is 5.91 Å². The first kappa shape index (κ1) is 13.2. The molecule has 0 aliphatic carbocycles. The molecule has 0 saturated carbocycles. The molecule has 0 atom stereocenters. The van der Waals surface area contributed by atoms with Crippen molar-refractivity contribution in [3.8, 4) is 0 Å². The van der Waals surface area contributed by atoms with Crippen LogP contribution < -0.4 is 10.6 Å². The van der Waals surface area contributed by atoms with Gasteiger partial charge in [0.1, 0.15) is 18.2 Å². The quantitative estimate of drug-likeness (QED) is 0.856. The van der Waals surface area contributed by atoms with E-state index >= 15 is 0 Å². The maximum atomic E-state index is 13.4. The molecule has 0 unspecified atom stereocenters. The maximum Gasteiger partial charge on any atom is 0.244 e. The van der Waals surface area contributed by atoms with Crippen molar-refractivity contribution >= 4 is 11.6 Å². The van der Waals surface area contributed by atoms with Gasteiger partial charge in [0.15, 0.2) is 0 Å². The van der Waals surface area contributed by atoms with Crippen LogP contribution in [0.5, 0.6) is 0 Å². The molecule has 5 nitrogen and oxygen atoms in total. The first-order valence-corrected chi connectivity index (χ1v) is 5.89. The second-order valence-corrected chi connectivity index (χ2v) is 4.03. The molecular weight excluding hydrogens is 247 g/mol. The number of nitrogens with zero attached hydrogens (tertiary/aromatic N) is 2. The fourth-order valence-corrected chi connectivity index (χ4v) is 1.72. The van der Waals surface area contributed by atoms with Crippen molar-refractivity contribution in [2.24, 2.45) is 0 Å². The Hall–Kier alpha value is -2.21. The summed E-state index contributed by atoms with van der Waals surface area (Å²) in [5, 5.41) is 5.50. The molecule has 0 spiro atoms. The lowest BCUT2D eigenvalue weighted by molar-refractivity contribution is -0.116. The van der Waals surface area contributed by atoms with Crippen LogP contribution in [0.3, 0.4) is 0 Å². The lowest BCUT2D eigenvalue weighted by Gasteiger charge is -2.09. The van der Waals surface area contributed by atoms with Gasteiger partial charge >= 0.3 is 0 Å². The van der Waals surface area contributed by atoms with E-state index in [1.54, 1.807) is 36.1 Å². The molecule has 0 aliphatic heterocycles. The number of carbonyl (C=O) groups excluding carboxylic acids is 1. The predicted molar refractivity (Wildman–Crippen MR) is 70.0 cm³/mol. The highest BCUT2D eigenvalue weighted by molar-refractivity contribution is 5.90. The van der Waals surface area contributed by atoms with E-state index in [-0.39, 0.29) is 18.1 Å². The minimum absolute atomic E-state index is 0.103. The molecule has 100 valence electrons. The van der Waals surface area contributed by atoms with Gasteiger partial charge in [-0.1, -0.05) is 12.1 Å². The molecule has 1 heterocycles. The number of halogens is 1. The van der Waals surface area contributed by atoms with E-state index in [1.165, 1.54) is 12.1 Å². The Bertz CT molecular complexity index is 567. The zero-order chi connectivity index (χ0) is 13.7. The van der Waals surface area contributed by atoms with Gasteiger partial charge in [-0.3, -0.25) is 4.79 Å². The highest BCUT2D eigenvalue weighted by atomic mass is 19.1.